The number of aliphatic hydroxyl groups is 1. The van der Waals surface area contributed by atoms with Gasteiger partial charge in [-0.25, -0.2) is 0 Å². The Morgan fingerprint density at radius 3 is 2.49 bits per heavy atom. The third kappa shape index (κ3) is 6.20. The summed E-state index contributed by atoms with van der Waals surface area (Å²) in [5, 5.41) is 11.8. The number of ether oxygens (including phenoxy) is 3. The molecule has 1 unspecified atom stereocenters. The summed E-state index contributed by atoms with van der Waals surface area (Å²) in [6.45, 7) is 11.6. The van der Waals surface area contributed by atoms with Gasteiger partial charge in [0.1, 0.15) is 0 Å². The number of methoxy groups -OCH3 is 1. The Bertz CT molecular complexity index is 1410. The maximum Gasteiger partial charge on any atom is 0.290 e. The molecule has 41 heavy (non-hydrogen) atoms. The van der Waals surface area contributed by atoms with Gasteiger partial charge in [-0.1, -0.05) is 45.4 Å². The summed E-state index contributed by atoms with van der Waals surface area (Å²) in [6.07, 6.45) is 1.90. The number of hydrogen-bond acceptors (Lipinski definition) is 8. The molecule has 9 heteroatoms. The molecule has 4 rings (SSSR count). The van der Waals surface area contributed by atoms with Gasteiger partial charge < -0.3 is 33.5 Å². The molecule has 0 fully saturated rings. The fraction of sp³-hybridized carbons (Fsp3) is 0.438. The molecule has 1 N–H and O–H groups in total. The highest BCUT2D eigenvalue weighted by molar-refractivity contribution is 6.16. The molecule has 1 amide bonds. The highest BCUT2D eigenvalue weighted by Gasteiger charge is 2.44. The van der Waals surface area contributed by atoms with Gasteiger partial charge in [-0.3, -0.25) is 9.59 Å². The molecule has 1 aromatic heterocycles. The van der Waals surface area contributed by atoms with Crippen molar-refractivity contribution in [1.82, 2.24) is 9.80 Å². The van der Waals surface area contributed by atoms with E-state index in [1.165, 1.54) is 7.11 Å². The summed E-state index contributed by atoms with van der Waals surface area (Å²) in [5.74, 6) is -0.129. The standard InChI is InChI=1S/C32H40N2O7/c1-6-10-18-40-23-15-14-21(19-25(23)39-9-4)28-27(30(36)32(37)34(28)17-16-33(7-2)8-3)29(35)26-20-22-12-11-13-24(38-5)31(22)41-26/h11-15,19-20,28,36H,6-10,16-18H2,1-5H3. The van der Waals surface area contributed by atoms with Crippen molar-refractivity contribution in [1.29, 1.82) is 0 Å². The Labute approximate surface area is 241 Å². The lowest BCUT2D eigenvalue weighted by molar-refractivity contribution is -0.129. The van der Waals surface area contributed by atoms with Crippen LogP contribution in [0, 0.1) is 0 Å². The molecule has 0 spiro atoms. The van der Waals surface area contributed by atoms with E-state index in [2.05, 4.69) is 25.7 Å². The smallest absolute Gasteiger partial charge is 0.290 e. The van der Waals surface area contributed by atoms with Gasteiger partial charge in [0.25, 0.3) is 5.91 Å². The Morgan fingerprint density at radius 2 is 1.80 bits per heavy atom. The Balaban J connectivity index is 1.78. The number of hydrogen-bond donors (Lipinski definition) is 1. The molecule has 3 aromatic rings. The first-order valence-corrected chi connectivity index (χ1v) is 14.3. The predicted molar refractivity (Wildman–Crippen MR) is 157 cm³/mol. The van der Waals surface area contributed by atoms with E-state index in [-0.39, 0.29) is 11.3 Å². The van der Waals surface area contributed by atoms with Crippen LogP contribution in [0.3, 0.4) is 0 Å². The molecule has 1 aliphatic rings. The lowest BCUT2D eigenvalue weighted by Gasteiger charge is -2.29. The maximum absolute atomic E-state index is 14.0. The summed E-state index contributed by atoms with van der Waals surface area (Å²) in [5.41, 5.74) is 1.02. The molecule has 2 aromatic carbocycles. The maximum atomic E-state index is 14.0. The van der Waals surface area contributed by atoms with Crippen LogP contribution in [0.4, 0.5) is 0 Å². The van der Waals surface area contributed by atoms with Crippen LogP contribution in [0.15, 0.2) is 58.2 Å². The van der Waals surface area contributed by atoms with Crippen molar-refractivity contribution in [2.75, 3.05) is 46.5 Å². The van der Waals surface area contributed by atoms with Crippen molar-refractivity contribution >= 4 is 22.7 Å². The Kier molecular flexibility index (Phi) is 9.94. The van der Waals surface area contributed by atoms with E-state index in [0.717, 1.165) is 25.9 Å². The Morgan fingerprint density at radius 1 is 1.02 bits per heavy atom. The van der Waals surface area contributed by atoms with E-state index in [4.69, 9.17) is 18.6 Å². The number of ketones is 1. The van der Waals surface area contributed by atoms with E-state index < -0.39 is 23.5 Å². The quantitative estimate of drug-likeness (QED) is 0.179. The number of unbranched alkanes of at least 4 members (excludes halogenated alkanes) is 1. The van der Waals surface area contributed by atoms with Crippen LogP contribution in [0.1, 0.15) is 62.7 Å². The third-order valence-corrected chi connectivity index (χ3v) is 7.39. The van der Waals surface area contributed by atoms with E-state index in [0.29, 0.717) is 60.1 Å². The summed E-state index contributed by atoms with van der Waals surface area (Å²) < 4.78 is 23.2. The second-order valence-corrected chi connectivity index (χ2v) is 9.85. The number of carbonyl (C=O) groups excluding carboxylic acids is 2. The minimum atomic E-state index is -0.843. The zero-order valence-electron chi connectivity index (χ0n) is 24.6. The van der Waals surface area contributed by atoms with Gasteiger partial charge in [0.15, 0.2) is 34.4 Å². The third-order valence-electron chi connectivity index (χ3n) is 7.39. The van der Waals surface area contributed by atoms with Crippen LogP contribution < -0.4 is 14.2 Å². The molecule has 220 valence electrons. The first-order chi connectivity index (χ1) is 19.9. The number of amides is 1. The van der Waals surface area contributed by atoms with Crippen molar-refractivity contribution in [3.8, 4) is 17.2 Å². The normalized spacial score (nSPS) is 15.3. The van der Waals surface area contributed by atoms with Gasteiger partial charge in [-0.05, 0) is 56.3 Å². The van der Waals surface area contributed by atoms with Crippen LogP contribution in [0.5, 0.6) is 17.2 Å². The number of benzene rings is 2. The van der Waals surface area contributed by atoms with Crippen molar-refractivity contribution < 1.29 is 33.3 Å². The lowest BCUT2D eigenvalue weighted by atomic mass is 9.94. The van der Waals surface area contributed by atoms with Crippen molar-refractivity contribution in [2.45, 2.75) is 46.6 Å². The molecule has 0 saturated heterocycles. The number of para-hydroxylation sites is 1. The second kappa shape index (κ2) is 13.6. The summed E-state index contributed by atoms with van der Waals surface area (Å²) >= 11 is 0. The fourth-order valence-corrected chi connectivity index (χ4v) is 5.10. The number of aliphatic hydroxyl groups excluding tert-OH is 1. The molecule has 0 saturated carbocycles. The van der Waals surface area contributed by atoms with Gasteiger partial charge in [-0.2, -0.15) is 0 Å². The topological polar surface area (TPSA) is 102 Å². The van der Waals surface area contributed by atoms with Crippen LogP contribution in [-0.2, 0) is 4.79 Å². The first kappa shape index (κ1) is 30.0. The van der Waals surface area contributed by atoms with Gasteiger partial charge in [0.05, 0.1) is 31.9 Å². The molecule has 0 bridgehead atoms. The van der Waals surface area contributed by atoms with E-state index >= 15 is 0 Å². The highest BCUT2D eigenvalue weighted by Crippen LogP contribution is 2.42. The fourth-order valence-electron chi connectivity index (χ4n) is 5.10. The van der Waals surface area contributed by atoms with E-state index in [1.54, 1.807) is 35.2 Å². The summed E-state index contributed by atoms with van der Waals surface area (Å²) in [6, 6.07) is 11.5. The first-order valence-electron chi connectivity index (χ1n) is 14.3. The molecule has 0 aliphatic carbocycles. The molecule has 0 radical (unpaired) electrons. The average Bonchev–Trinajstić information content (AvgIpc) is 3.53. The second-order valence-electron chi connectivity index (χ2n) is 9.85. The van der Waals surface area contributed by atoms with E-state index in [9.17, 15) is 14.7 Å². The largest absolute Gasteiger partial charge is 0.503 e. The van der Waals surface area contributed by atoms with Crippen molar-refractivity contribution in [3.63, 3.8) is 0 Å². The number of Topliss-reactive ketones (excluding diaryl/α,β-unsaturated/α-hetero) is 1. The number of rotatable bonds is 15. The predicted octanol–water partition coefficient (Wildman–Crippen LogP) is 5.94. The molecule has 1 atom stereocenters. The number of likely N-dealkylation sites (N-methyl/N-ethyl adjacent to an activating group) is 1. The molecular formula is C32H40N2O7. The number of fused-ring (bicyclic) bond motifs is 1. The SMILES string of the molecule is CCCCOc1ccc(C2C(C(=O)c3cc4cccc(OC)c4o3)=C(O)C(=O)N2CCN(CC)CC)cc1OCC. The van der Waals surface area contributed by atoms with Crippen molar-refractivity contribution in [2.24, 2.45) is 0 Å². The van der Waals surface area contributed by atoms with Crippen LogP contribution in [0.25, 0.3) is 11.0 Å². The average molecular weight is 565 g/mol. The van der Waals surface area contributed by atoms with Crippen LogP contribution >= 0.6 is 0 Å². The van der Waals surface area contributed by atoms with Gasteiger partial charge in [0.2, 0.25) is 5.78 Å². The molecular weight excluding hydrogens is 524 g/mol. The minimum Gasteiger partial charge on any atom is -0.503 e. The van der Waals surface area contributed by atoms with Gasteiger partial charge in [-0.15, -0.1) is 0 Å². The van der Waals surface area contributed by atoms with Gasteiger partial charge in [0, 0.05) is 18.5 Å². The van der Waals surface area contributed by atoms with E-state index in [1.807, 2.05) is 19.1 Å². The van der Waals surface area contributed by atoms with Crippen molar-refractivity contribution in [3.05, 3.63) is 65.1 Å². The van der Waals surface area contributed by atoms with Gasteiger partial charge >= 0.3 is 0 Å². The van der Waals surface area contributed by atoms with Crippen LogP contribution in [-0.4, -0.2) is 73.1 Å². The summed E-state index contributed by atoms with van der Waals surface area (Å²) in [4.78, 5) is 31.2. The number of carbonyl (C=O) groups is 2. The number of furan rings is 1. The monoisotopic (exact) mass is 564 g/mol. The zero-order valence-corrected chi connectivity index (χ0v) is 24.6. The summed E-state index contributed by atoms with van der Waals surface area (Å²) in [7, 11) is 1.53. The molecule has 9 nitrogen and oxygen atoms in total. The van der Waals surface area contributed by atoms with Crippen LogP contribution in [0.2, 0.25) is 0 Å². The number of nitrogens with zero attached hydrogens (tertiary/aromatic N) is 2. The minimum absolute atomic E-state index is 0.0130. The molecule has 2 heterocycles. The zero-order chi connectivity index (χ0) is 29.5. The lowest BCUT2D eigenvalue weighted by Crippen LogP contribution is -2.38. The molecule has 1 aliphatic heterocycles. The highest BCUT2D eigenvalue weighted by atomic mass is 16.5. The Hall–Kier alpha value is -3.98.